The number of H-pyrrole nitrogens is 1. The van der Waals surface area contributed by atoms with E-state index in [1.807, 2.05) is 13.8 Å². The van der Waals surface area contributed by atoms with Gasteiger partial charge in [0.1, 0.15) is 5.69 Å². The maximum atomic E-state index is 11.6. The summed E-state index contributed by atoms with van der Waals surface area (Å²) in [6, 6.07) is 2.25. The number of aliphatic hydroxyl groups excluding tert-OH is 1. The first kappa shape index (κ1) is 12.4. The molecule has 3 N–H and O–H groups in total. The van der Waals surface area contributed by atoms with Crippen LogP contribution >= 0.6 is 0 Å². The lowest BCUT2D eigenvalue weighted by atomic mass is 10.1. The molecule has 6 heteroatoms. The van der Waals surface area contributed by atoms with E-state index in [9.17, 15) is 9.59 Å². The maximum absolute atomic E-state index is 11.6. The van der Waals surface area contributed by atoms with E-state index in [4.69, 9.17) is 5.11 Å². The van der Waals surface area contributed by atoms with Gasteiger partial charge in [0.2, 0.25) is 0 Å². The second-order valence-corrected chi connectivity index (χ2v) is 3.81. The molecular formula is C10H15N3O3. The Morgan fingerprint density at radius 2 is 2.25 bits per heavy atom. The van der Waals surface area contributed by atoms with Gasteiger partial charge in [-0.15, -0.1) is 0 Å². The third-order valence-corrected chi connectivity index (χ3v) is 2.23. The minimum atomic E-state index is -0.413. The summed E-state index contributed by atoms with van der Waals surface area (Å²) in [5.41, 5.74) is -0.238. The van der Waals surface area contributed by atoms with E-state index in [1.165, 1.54) is 12.1 Å². The first-order valence-corrected chi connectivity index (χ1v) is 5.02. The molecule has 0 aliphatic rings. The van der Waals surface area contributed by atoms with Gasteiger partial charge in [-0.05, 0) is 12.0 Å². The molecular weight excluding hydrogens is 210 g/mol. The van der Waals surface area contributed by atoms with Gasteiger partial charge in [-0.25, -0.2) is 5.10 Å². The summed E-state index contributed by atoms with van der Waals surface area (Å²) >= 11 is 0. The van der Waals surface area contributed by atoms with Gasteiger partial charge in [-0.1, -0.05) is 13.8 Å². The number of carbonyl (C=O) groups excluding carboxylic acids is 1. The molecule has 1 aromatic rings. The number of nitrogens with zero attached hydrogens (tertiary/aromatic N) is 1. The fraction of sp³-hybridized carbons (Fsp3) is 0.500. The van der Waals surface area contributed by atoms with E-state index < -0.39 is 5.91 Å². The molecule has 0 fully saturated rings. The van der Waals surface area contributed by atoms with Crippen LogP contribution in [0.5, 0.6) is 0 Å². The van der Waals surface area contributed by atoms with Crippen molar-refractivity contribution in [2.45, 2.75) is 19.9 Å². The van der Waals surface area contributed by atoms with Crippen molar-refractivity contribution in [3.8, 4) is 0 Å². The van der Waals surface area contributed by atoms with Crippen molar-refractivity contribution < 1.29 is 9.90 Å². The van der Waals surface area contributed by atoms with Gasteiger partial charge in [0, 0.05) is 6.07 Å². The highest BCUT2D eigenvalue weighted by Crippen LogP contribution is 2.01. The molecule has 1 unspecified atom stereocenters. The first-order chi connectivity index (χ1) is 7.54. The Balaban J connectivity index is 2.71. The molecule has 0 bridgehead atoms. The van der Waals surface area contributed by atoms with Crippen LogP contribution in [0.2, 0.25) is 0 Å². The number of aromatic amines is 1. The number of nitrogens with one attached hydrogen (secondary N) is 2. The van der Waals surface area contributed by atoms with E-state index in [0.717, 1.165) is 0 Å². The molecule has 1 aromatic heterocycles. The fourth-order valence-electron chi connectivity index (χ4n) is 1.14. The molecule has 0 radical (unpaired) electrons. The Bertz CT molecular complexity index is 394. The summed E-state index contributed by atoms with van der Waals surface area (Å²) < 4.78 is 0. The molecule has 0 spiro atoms. The Morgan fingerprint density at radius 3 is 2.69 bits per heavy atom. The van der Waals surface area contributed by atoms with E-state index in [0.29, 0.717) is 0 Å². The molecule has 0 aliphatic carbocycles. The molecule has 1 rings (SSSR count). The van der Waals surface area contributed by atoms with Crippen LogP contribution in [0.1, 0.15) is 24.3 Å². The fourth-order valence-corrected chi connectivity index (χ4v) is 1.14. The van der Waals surface area contributed by atoms with Crippen molar-refractivity contribution >= 4 is 5.91 Å². The van der Waals surface area contributed by atoms with Gasteiger partial charge in [0.15, 0.2) is 0 Å². The number of hydrogen-bond acceptors (Lipinski definition) is 4. The van der Waals surface area contributed by atoms with Crippen molar-refractivity contribution in [1.29, 1.82) is 0 Å². The minimum Gasteiger partial charge on any atom is -0.394 e. The summed E-state index contributed by atoms with van der Waals surface area (Å²) in [4.78, 5) is 22.4. The average Bonchev–Trinajstić information content (AvgIpc) is 2.26. The number of carbonyl (C=O) groups is 1. The van der Waals surface area contributed by atoms with Gasteiger partial charge in [0.25, 0.3) is 11.5 Å². The predicted molar refractivity (Wildman–Crippen MR) is 58.0 cm³/mol. The second-order valence-electron chi connectivity index (χ2n) is 3.81. The number of rotatable bonds is 4. The zero-order chi connectivity index (χ0) is 12.1. The largest absolute Gasteiger partial charge is 0.394 e. The summed E-state index contributed by atoms with van der Waals surface area (Å²) in [6.07, 6.45) is 0. The molecule has 88 valence electrons. The van der Waals surface area contributed by atoms with Crippen LogP contribution < -0.4 is 10.9 Å². The van der Waals surface area contributed by atoms with Crippen molar-refractivity contribution in [2.24, 2.45) is 5.92 Å². The number of aromatic nitrogens is 2. The third-order valence-electron chi connectivity index (χ3n) is 2.23. The monoisotopic (exact) mass is 225 g/mol. The van der Waals surface area contributed by atoms with Gasteiger partial charge < -0.3 is 10.4 Å². The lowest BCUT2D eigenvalue weighted by Gasteiger charge is -2.19. The normalized spacial score (nSPS) is 12.5. The van der Waals surface area contributed by atoms with E-state index in [1.54, 1.807) is 0 Å². The summed E-state index contributed by atoms with van der Waals surface area (Å²) in [6.45, 7) is 3.65. The topological polar surface area (TPSA) is 95.1 Å². The summed E-state index contributed by atoms with van der Waals surface area (Å²) in [5.74, 6) is -0.291. The van der Waals surface area contributed by atoms with Crippen molar-refractivity contribution in [1.82, 2.24) is 15.5 Å². The SMILES string of the molecule is CC(C)C(CO)NC(=O)c1ccc(=O)[nH]n1. The minimum absolute atomic E-state index is 0.122. The molecule has 1 atom stereocenters. The second kappa shape index (κ2) is 5.41. The highest BCUT2D eigenvalue weighted by atomic mass is 16.3. The van der Waals surface area contributed by atoms with Crippen LogP contribution in [0.3, 0.4) is 0 Å². The van der Waals surface area contributed by atoms with Gasteiger partial charge >= 0.3 is 0 Å². The summed E-state index contributed by atoms with van der Waals surface area (Å²) in [5, 5.41) is 17.4. The van der Waals surface area contributed by atoms with Crippen LogP contribution in [0, 0.1) is 5.92 Å². The molecule has 0 saturated heterocycles. The number of hydrogen-bond donors (Lipinski definition) is 3. The Labute approximate surface area is 92.7 Å². The Kier molecular flexibility index (Phi) is 4.19. The lowest BCUT2D eigenvalue weighted by Crippen LogP contribution is -2.41. The first-order valence-electron chi connectivity index (χ1n) is 5.02. The van der Waals surface area contributed by atoms with E-state index in [-0.39, 0.29) is 29.8 Å². The average molecular weight is 225 g/mol. The zero-order valence-electron chi connectivity index (χ0n) is 9.23. The molecule has 1 amide bonds. The third kappa shape index (κ3) is 3.16. The van der Waals surface area contributed by atoms with Crippen molar-refractivity contribution in [3.05, 3.63) is 28.2 Å². The lowest BCUT2D eigenvalue weighted by molar-refractivity contribution is 0.0890. The highest BCUT2D eigenvalue weighted by Gasteiger charge is 2.16. The van der Waals surface area contributed by atoms with Crippen LogP contribution in [0.15, 0.2) is 16.9 Å². The van der Waals surface area contributed by atoms with Crippen molar-refractivity contribution in [3.63, 3.8) is 0 Å². The molecule has 16 heavy (non-hydrogen) atoms. The molecule has 6 nitrogen and oxygen atoms in total. The number of amides is 1. The Hall–Kier alpha value is -1.69. The predicted octanol–water partition coefficient (Wildman–Crippen LogP) is -0.483. The van der Waals surface area contributed by atoms with Crippen LogP contribution in [0.25, 0.3) is 0 Å². The highest BCUT2D eigenvalue weighted by molar-refractivity contribution is 5.92. The molecule has 0 aliphatic heterocycles. The standard InChI is InChI=1S/C10H15N3O3/c1-6(2)8(5-14)11-10(16)7-3-4-9(15)13-12-7/h3-4,6,8,14H,5H2,1-2H3,(H,11,16)(H,13,15). The molecule has 1 heterocycles. The smallest absolute Gasteiger partial charge is 0.272 e. The van der Waals surface area contributed by atoms with Crippen molar-refractivity contribution in [2.75, 3.05) is 6.61 Å². The maximum Gasteiger partial charge on any atom is 0.272 e. The van der Waals surface area contributed by atoms with Gasteiger partial charge in [-0.3, -0.25) is 9.59 Å². The molecule has 0 saturated carbocycles. The van der Waals surface area contributed by atoms with Crippen LogP contribution in [-0.4, -0.2) is 33.9 Å². The Morgan fingerprint density at radius 1 is 1.56 bits per heavy atom. The van der Waals surface area contributed by atoms with Crippen LogP contribution in [0.4, 0.5) is 0 Å². The van der Waals surface area contributed by atoms with E-state index in [2.05, 4.69) is 15.5 Å². The zero-order valence-corrected chi connectivity index (χ0v) is 9.23. The van der Waals surface area contributed by atoms with Gasteiger partial charge in [-0.2, -0.15) is 5.10 Å². The van der Waals surface area contributed by atoms with Gasteiger partial charge in [0.05, 0.1) is 12.6 Å². The quantitative estimate of drug-likeness (QED) is 0.644. The van der Waals surface area contributed by atoms with E-state index >= 15 is 0 Å². The van der Waals surface area contributed by atoms with Crippen LogP contribution in [-0.2, 0) is 0 Å². The molecule has 0 aromatic carbocycles. The number of aliphatic hydroxyl groups is 1. The summed E-state index contributed by atoms with van der Waals surface area (Å²) in [7, 11) is 0.